The first-order valence-corrected chi connectivity index (χ1v) is 14.1. The molecule has 8 nitrogen and oxygen atoms in total. The van der Waals surface area contributed by atoms with Gasteiger partial charge in [-0.15, -0.1) is 6.58 Å². The van der Waals surface area contributed by atoms with Crippen LogP contribution in [-0.2, 0) is 20.7 Å². The molecule has 2 atom stereocenters. The summed E-state index contributed by atoms with van der Waals surface area (Å²) in [6.45, 7) is 14.6. The van der Waals surface area contributed by atoms with Crippen molar-refractivity contribution < 1.29 is 32.6 Å². The molecule has 0 aliphatic carbocycles. The predicted molar refractivity (Wildman–Crippen MR) is 168 cm³/mol. The minimum atomic E-state index is -1.17. The van der Waals surface area contributed by atoms with Crippen molar-refractivity contribution in [2.24, 2.45) is 0 Å². The van der Waals surface area contributed by atoms with E-state index in [9.17, 15) is 23.2 Å². The van der Waals surface area contributed by atoms with Crippen LogP contribution in [0.4, 0.5) is 25.0 Å². The van der Waals surface area contributed by atoms with Gasteiger partial charge in [-0.1, -0.05) is 30.3 Å². The van der Waals surface area contributed by atoms with Gasteiger partial charge in [0.2, 0.25) is 0 Å². The highest BCUT2D eigenvalue weighted by Crippen LogP contribution is 2.29. The second-order valence-corrected chi connectivity index (χ2v) is 11.5. The lowest BCUT2D eigenvalue weighted by atomic mass is 10.0. The average Bonchev–Trinajstić information content (AvgIpc) is 2.93. The number of benzene rings is 3. The average molecular weight is 608 g/mol. The third kappa shape index (κ3) is 8.73. The molecule has 44 heavy (non-hydrogen) atoms. The standard InChI is InChI=1S/C34H39F2N3O5/c1-9-10-22-15-19(2)29(20(3)16-22)39-33(42)37-28-18-24(23-12-14-26(35)27(36)17-23)11-13-25(28)31(40)38-30(32(41)43-8)21(4)44-34(5,6)7/h9,11-18,21,30H,1,10H2,2-8H3,(H,38,40)(H2,37,39,42)/t21-,30+/m1/s1. The summed E-state index contributed by atoms with van der Waals surface area (Å²) in [4.78, 5) is 39.5. The number of halogens is 2. The van der Waals surface area contributed by atoms with Gasteiger partial charge in [0.15, 0.2) is 17.7 Å². The number of anilines is 2. The van der Waals surface area contributed by atoms with Crippen LogP contribution in [0.5, 0.6) is 0 Å². The highest BCUT2D eigenvalue weighted by molar-refractivity contribution is 6.08. The maximum Gasteiger partial charge on any atom is 0.331 e. The first-order chi connectivity index (χ1) is 20.6. The number of rotatable bonds is 10. The minimum Gasteiger partial charge on any atom is -0.467 e. The molecule has 3 aromatic rings. The topological polar surface area (TPSA) is 106 Å². The molecule has 234 valence electrons. The quantitative estimate of drug-likeness (QED) is 0.169. The van der Waals surface area contributed by atoms with Crippen LogP contribution in [0.25, 0.3) is 11.1 Å². The number of ether oxygens (including phenoxy) is 2. The van der Waals surface area contributed by atoms with Gasteiger partial charge in [-0.3, -0.25) is 4.79 Å². The molecule has 0 heterocycles. The number of aryl methyl sites for hydroxylation is 2. The number of hydrogen-bond acceptors (Lipinski definition) is 5. The Labute approximate surface area is 256 Å². The SMILES string of the molecule is C=CCc1cc(C)c(NC(=O)Nc2cc(-c3ccc(F)c(F)c3)ccc2C(=O)N[C@H](C(=O)OC)[C@@H](C)OC(C)(C)C)c(C)c1. The van der Waals surface area contributed by atoms with Gasteiger partial charge in [-0.05, 0) is 100 Å². The molecular formula is C34H39F2N3O5. The summed E-state index contributed by atoms with van der Waals surface area (Å²) in [7, 11) is 1.20. The van der Waals surface area contributed by atoms with Crippen LogP contribution < -0.4 is 16.0 Å². The number of hydrogen-bond donors (Lipinski definition) is 3. The molecule has 0 unspecified atom stereocenters. The lowest BCUT2D eigenvalue weighted by molar-refractivity contribution is -0.150. The molecule has 0 aliphatic heterocycles. The Morgan fingerprint density at radius 1 is 0.932 bits per heavy atom. The number of carbonyl (C=O) groups excluding carboxylic acids is 3. The molecule has 0 fully saturated rings. The summed E-state index contributed by atoms with van der Waals surface area (Å²) in [6, 6.07) is 9.89. The van der Waals surface area contributed by atoms with Crippen molar-refractivity contribution in [2.45, 2.75) is 65.7 Å². The third-order valence-electron chi connectivity index (χ3n) is 6.73. The van der Waals surface area contributed by atoms with E-state index < -0.39 is 47.3 Å². The summed E-state index contributed by atoms with van der Waals surface area (Å²) in [5.41, 5.74) is 3.49. The van der Waals surface area contributed by atoms with Crippen molar-refractivity contribution in [3.63, 3.8) is 0 Å². The van der Waals surface area contributed by atoms with Gasteiger partial charge in [-0.25, -0.2) is 18.4 Å². The molecule has 3 N–H and O–H groups in total. The van der Waals surface area contributed by atoms with Crippen molar-refractivity contribution in [3.05, 3.63) is 95.1 Å². The molecule has 3 rings (SSSR count). The second kappa shape index (κ2) is 14.3. The molecule has 0 bridgehead atoms. The van der Waals surface area contributed by atoms with E-state index in [1.165, 1.54) is 31.4 Å². The Morgan fingerprint density at radius 2 is 1.55 bits per heavy atom. The summed E-state index contributed by atoms with van der Waals surface area (Å²) >= 11 is 0. The largest absolute Gasteiger partial charge is 0.467 e. The third-order valence-corrected chi connectivity index (χ3v) is 6.73. The Bertz CT molecular complexity index is 1540. The van der Waals surface area contributed by atoms with Crippen LogP contribution in [0.3, 0.4) is 0 Å². The van der Waals surface area contributed by atoms with Crippen molar-refractivity contribution in [1.82, 2.24) is 5.32 Å². The molecular weight excluding hydrogens is 568 g/mol. The summed E-state index contributed by atoms with van der Waals surface area (Å²) < 4.78 is 38.5. The zero-order chi connectivity index (χ0) is 32.8. The van der Waals surface area contributed by atoms with Gasteiger partial charge in [0.1, 0.15) is 0 Å². The smallest absolute Gasteiger partial charge is 0.331 e. The molecule has 0 spiro atoms. The van der Waals surface area contributed by atoms with Gasteiger partial charge in [-0.2, -0.15) is 0 Å². The highest BCUT2D eigenvalue weighted by atomic mass is 19.2. The fourth-order valence-electron chi connectivity index (χ4n) is 4.84. The molecule has 0 radical (unpaired) electrons. The first kappa shape index (κ1) is 33.9. The fraction of sp³-hybridized carbons (Fsp3) is 0.324. The van der Waals surface area contributed by atoms with E-state index in [0.29, 0.717) is 23.2 Å². The van der Waals surface area contributed by atoms with Crippen molar-refractivity contribution in [1.29, 1.82) is 0 Å². The van der Waals surface area contributed by atoms with E-state index in [1.54, 1.807) is 13.0 Å². The number of nitrogens with one attached hydrogen (secondary N) is 3. The molecule has 0 saturated heterocycles. The lowest BCUT2D eigenvalue weighted by Gasteiger charge is -2.30. The monoisotopic (exact) mass is 607 g/mol. The van der Waals surface area contributed by atoms with E-state index in [1.807, 2.05) is 46.8 Å². The Morgan fingerprint density at radius 3 is 2.11 bits per heavy atom. The number of carbonyl (C=O) groups is 3. The van der Waals surface area contributed by atoms with Crippen LogP contribution in [0.2, 0.25) is 0 Å². The molecule has 3 amide bonds. The zero-order valence-electron chi connectivity index (χ0n) is 26.1. The lowest BCUT2D eigenvalue weighted by Crippen LogP contribution is -2.51. The maximum absolute atomic E-state index is 14.0. The van der Waals surface area contributed by atoms with Gasteiger partial charge >= 0.3 is 12.0 Å². The number of methoxy groups -OCH3 is 1. The van der Waals surface area contributed by atoms with Crippen LogP contribution in [-0.4, -0.2) is 42.8 Å². The first-order valence-electron chi connectivity index (χ1n) is 14.1. The Kier molecular flexibility index (Phi) is 11.0. The summed E-state index contributed by atoms with van der Waals surface area (Å²) in [5, 5.41) is 8.21. The number of allylic oxidation sites excluding steroid dienone is 1. The predicted octanol–water partition coefficient (Wildman–Crippen LogP) is 7.10. The molecule has 0 aromatic heterocycles. The van der Waals surface area contributed by atoms with Crippen LogP contribution >= 0.6 is 0 Å². The van der Waals surface area contributed by atoms with Crippen LogP contribution in [0, 0.1) is 25.5 Å². The molecule has 10 heteroatoms. The number of esters is 1. The van der Waals surface area contributed by atoms with Gasteiger partial charge in [0, 0.05) is 5.69 Å². The minimum absolute atomic E-state index is 0.0121. The van der Waals surface area contributed by atoms with Gasteiger partial charge in [0.05, 0.1) is 30.1 Å². The van der Waals surface area contributed by atoms with Crippen molar-refractivity contribution in [3.8, 4) is 11.1 Å². The Hall–Kier alpha value is -4.57. The normalized spacial score (nSPS) is 12.6. The van der Waals surface area contributed by atoms with E-state index in [-0.39, 0.29) is 11.3 Å². The highest BCUT2D eigenvalue weighted by Gasteiger charge is 2.32. The maximum atomic E-state index is 14.0. The van der Waals surface area contributed by atoms with E-state index >= 15 is 0 Å². The van der Waals surface area contributed by atoms with E-state index in [0.717, 1.165) is 28.8 Å². The van der Waals surface area contributed by atoms with Gasteiger partial charge < -0.3 is 25.4 Å². The fourth-order valence-corrected chi connectivity index (χ4v) is 4.84. The molecule has 0 saturated carbocycles. The summed E-state index contributed by atoms with van der Waals surface area (Å²) in [5.74, 6) is -3.46. The molecule has 0 aliphatic rings. The summed E-state index contributed by atoms with van der Waals surface area (Å²) in [6.07, 6.45) is 1.71. The van der Waals surface area contributed by atoms with E-state index in [2.05, 4.69) is 22.5 Å². The van der Waals surface area contributed by atoms with Crippen LogP contribution in [0.1, 0.15) is 54.7 Å². The zero-order valence-corrected chi connectivity index (χ0v) is 26.1. The second-order valence-electron chi connectivity index (χ2n) is 11.5. The Balaban J connectivity index is 2.00. The molecule has 3 aromatic carbocycles. The van der Waals surface area contributed by atoms with Crippen LogP contribution in [0.15, 0.2) is 61.2 Å². The van der Waals surface area contributed by atoms with Gasteiger partial charge in [0.25, 0.3) is 5.91 Å². The van der Waals surface area contributed by atoms with E-state index in [4.69, 9.17) is 9.47 Å². The van der Waals surface area contributed by atoms with Crippen molar-refractivity contribution in [2.75, 3.05) is 17.7 Å². The number of urea groups is 1. The number of amides is 3. The van der Waals surface area contributed by atoms with Crippen molar-refractivity contribution >= 4 is 29.3 Å².